The van der Waals surface area contributed by atoms with E-state index in [1.807, 2.05) is 0 Å². The SMILES string of the molecule is CC1(C)c2ccc(-n3c4ccccc4c4ccccc43)cc2-c2cc(-n3c4ccccc4c4c(-n5c6ccccc6c6ccccc65)cccc43)ccc21. The molecular weight excluding hydrogens is 655 g/mol. The number of nitrogens with zero attached hydrogens (tertiary/aromatic N) is 3. The second-order valence-corrected chi connectivity index (χ2v) is 15.3. The predicted molar refractivity (Wildman–Crippen MR) is 227 cm³/mol. The van der Waals surface area contributed by atoms with Crippen molar-refractivity contribution < 1.29 is 0 Å². The zero-order valence-corrected chi connectivity index (χ0v) is 30.1. The minimum Gasteiger partial charge on any atom is -0.309 e. The average Bonchev–Trinajstić information content (AvgIpc) is 3.91. The van der Waals surface area contributed by atoms with E-state index < -0.39 is 0 Å². The van der Waals surface area contributed by atoms with E-state index >= 15 is 0 Å². The third-order valence-corrected chi connectivity index (χ3v) is 12.2. The number of hydrogen-bond acceptors (Lipinski definition) is 0. The van der Waals surface area contributed by atoms with E-state index in [-0.39, 0.29) is 5.41 Å². The van der Waals surface area contributed by atoms with Crippen molar-refractivity contribution >= 4 is 65.4 Å². The highest BCUT2D eigenvalue weighted by molar-refractivity contribution is 6.16. The van der Waals surface area contributed by atoms with Crippen LogP contribution in [0.15, 0.2) is 176 Å². The number of para-hydroxylation sites is 5. The van der Waals surface area contributed by atoms with Gasteiger partial charge < -0.3 is 13.7 Å². The van der Waals surface area contributed by atoms with Gasteiger partial charge in [-0.1, -0.05) is 123 Å². The summed E-state index contributed by atoms with van der Waals surface area (Å²) in [6, 6.07) is 65.1. The van der Waals surface area contributed by atoms with Gasteiger partial charge in [0.05, 0.1) is 38.8 Å². The fourth-order valence-electron chi connectivity index (χ4n) is 9.87. The van der Waals surface area contributed by atoms with Crippen LogP contribution in [0.25, 0.3) is 93.6 Å². The van der Waals surface area contributed by atoms with E-state index in [0.717, 1.165) is 0 Å². The largest absolute Gasteiger partial charge is 0.309 e. The van der Waals surface area contributed by atoms with Gasteiger partial charge in [0.1, 0.15) is 0 Å². The third-order valence-electron chi connectivity index (χ3n) is 12.2. The molecule has 0 radical (unpaired) electrons. The van der Waals surface area contributed by atoms with E-state index in [9.17, 15) is 0 Å². The standard InChI is InChI=1S/C51H35N3/c1-51(2)41-28-26-32(52-43-19-8-3-14-34(43)35-15-4-9-20-44(35)52)30-39(41)40-31-33(27-29-42(40)51)53-47-23-12-7-18-38(47)50-48(53)24-13-25-49(50)54-45-21-10-5-16-36(45)37-17-6-11-22-46(37)54/h3-31H,1-2H3. The van der Waals surface area contributed by atoms with Crippen LogP contribution in [0, 0.1) is 0 Å². The van der Waals surface area contributed by atoms with Crippen LogP contribution in [-0.2, 0) is 5.41 Å². The molecular formula is C51H35N3. The van der Waals surface area contributed by atoms with Gasteiger partial charge in [0.2, 0.25) is 0 Å². The average molecular weight is 690 g/mol. The van der Waals surface area contributed by atoms with Gasteiger partial charge in [-0.05, 0) is 89.0 Å². The van der Waals surface area contributed by atoms with Crippen molar-refractivity contribution in [3.05, 3.63) is 187 Å². The first-order valence-electron chi connectivity index (χ1n) is 18.9. The van der Waals surface area contributed by atoms with Crippen LogP contribution >= 0.6 is 0 Å². The Morgan fingerprint density at radius 2 is 0.704 bits per heavy atom. The van der Waals surface area contributed by atoms with Crippen LogP contribution in [0.1, 0.15) is 25.0 Å². The van der Waals surface area contributed by atoms with Crippen LogP contribution in [-0.4, -0.2) is 13.7 Å². The van der Waals surface area contributed by atoms with Crippen LogP contribution in [0.3, 0.4) is 0 Å². The molecule has 0 saturated heterocycles. The lowest BCUT2D eigenvalue weighted by Crippen LogP contribution is -2.15. The highest BCUT2D eigenvalue weighted by Gasteiger charge is 2.36. The fraction of sp³-hybridized carbons (Fsp3) is 0.0588. The highest BCUT2D eigenvalue weighted by atomic mass is 15.0. The Labute approximate surface area is 312 Å². The summed E-state index contributed by atoms with van der Waals surface area (Å²) < 4.78 is 7.37. The van der Waals surface area contributed by atoms with E-state index in [0.29, 0.717) is 0 Å². The Bertz CT molecular complexity index is 3260. The molecule has 3 aromatic heterocycles. The zero-order chi connectivity index (χ0) is 35.7. The molecule has 0 aliphatic heterocycles. The van der Waals surface area contributed by atoms with Crippen LogP contribution in [0.2, 0.25) is 0 Å². The molecule has 8 aromatic carbocycles. The minimum absolute atomic E-state index is 0.118. The number of hydrogen-bond donors (Lipinski definition) is 0. The first kappa shape index (κ1) is 29.7. The molecule has 1 aliphatic rings. The summed E-state index contributed by atoms with van der Waals surface area (Å²) >= 11 is 0. The highest BCUT2D eigenvalue weighted by Crippen LogP contribution is 2.51. The van der Waals surface area contributed by atoms with Gasteiger partial charge in [-0.15, -0.1) is 0 Å². The molecule has 0 fully saturated rings. The first-order valence-corrected chi connectivity index (χ1v) is 18.9. The summed E-state index contributed by atoms with van der Waals surface area (Å²) in [5.41, 5.74) is 16.1. The maximum atomic E-state index is 2.48. The van der Waals surface area contributed by atoms with Gasteiger partial charge >= 0.3 is 0 Å². The second-order valence-electron chi connectivity index (χ2n) is 15.3. The molecule has 0 spiro atoms. The summed E-state index contributed by atoms with van der Waals surface area (Å²) in [5, 5.41) is 7.61. The smallest absolute Gasteiger partial charge is 0.0562 e. The normalized spacial score (nSPS) is 13.5. The monoisotopic (exact) mass is 689 g/mol. The first-order chi connectivity index (χ1) is 26.6. The topological polar surface area (TPSA) is 14.8 Å². The molecule has 0 atom stereocenters. The predicted octanol–water partition coefficient (Wildman–Crippen LogP) is 13.3. The molecule has 12 rings (SSSR count). The van der Waals surface area contributed by atoms with Crippen LogP contribution in [0.4, 0.5) is 0 Å². The molecule has 0 saturated carbocycles. The van der Waals surface area contributed by atoms with Gasteiger partial charge in [0, 0.05) is 49.1 Å². The Kier molecular flexibility index (Phi) is 5.84. The van der Waals surface area contributed by atoms with Crippen molar-refractivity contribution in [2.45, 2.75) is 19.3 Å². The maximum absolute atomic E-state index is 2.48. The summed E-state index contributed by atoms with van der Waals surface area (Å²) in [6.45, 7) is 4.74. The molecule has 3 heteroatoms. The number of aromatic nitrogens is 3. The lowest BCUT2D eigenvalue weighted by Gasteiger charge is -2.22. The summed E-state index contributed by atoms with van der Waals surface area (Å²) in [5.74, 6) is 0. The molecule has 11 aromatic rings. The van der Waals surface area contributed by atoms with Gasteiger partial charge in [0.15, 0.2) is 0 Å². The summed E-state index contributed by atoms with van der Waals surface area (Å²) in [6.07, 6.45) is 0. The molecule has 0 N–H and O–H groups in total. The van der Waals surface area contributed by atoms with Gasteiger partial charge in [-0.25, -0.2) is 0 Å². The Hall–Kier alpha value is -6.84. The number of rotatable bonds is 3. The van der Waals surface area contributed by atoms with Gasteiger partial charge in [-0.2, -0.15) is 0 Å². The maximum Gasteiger partial charge on any atom is 0.0562 e. The van der Waals surface area contributed by atoms with E-state index in [4.69, 9.17) is 0 Å². The Balaban J connectivity index is 1.10. The number of benzene rings is 8. The summed E-state index contributed by atoms with van der Waals surface area (Å²) in [4.78, 5) is 0. The second kappa shape index (κ2) is 10.6. The Morgan fingerprint density at radius 3 is 1.19 bits per heavy atom. The van der Waals surface area contributed by atoms with Crippen molar-refractivity contribution in [3.8, 4) is 28.2 Å². The van der Waals surface area contributed by atoms with Crippen molar-refractivity contribution in [1.29, 1.82) is 0 Å². The van der Waals surface area contributed by atoms with Crippen molar-refractivity contribution in [3.63, 3.8) is 0 Å². The molecule has 254 valence electrons. The quantitative estimate of drug-likeness (QED) is 0.175. The van der Waals surface area contributed by atoms with Gasteiger partial charge in [-0.3, -0.25) is 0 Å². The lowest BCUT2D eigenvalue weighted by atomic mass is 9.82. The third kappa shape index (κ3) is 3.80. The molecule has 0 amide bonds. The molecule has 54 heavy (non-hydrogen) atoms. The summed E-state index contributed by atoms with van der Waals surface area (Å²) in [7, 11) is 0. The van der Waals surface area contributed by atoms with E-state index in [1.165, 1.54) is 105 Å². The van der Waals surface area contributed by atoms with Crippen molar-refractivity contribution in [2.24, 2.45) is 0 Å². The molecule has 0 bridgehead atoms. The van der Waals surface area contributed by atoms with Crippen molar-refractivity contribution in [2.75, 3.05) is 0 Å². The van der Waals surface area contributed by atoms with Crippen LogP contribution < -0.4 is 0 Å². The van der Waals surface area contributed by atoms with Gasteiger partial charge in [0.25, 0.3) is 0 Å². The molecule has 0 unspecified atom stereocenters. The van der Waals surface area contributed by atoms with Crippen molar-refractivity contribution in [1.82, 2.24) is 13.7 Å². The molecule has 3 heterocycles. The van der Waals surface area contributed by atoms with E-state index in [2.05, 4.69) is 203 Å². The zero-order valence-electron chi connectivity index (χ0n) is 30.1. The fourth-order valence-corrected chi connectivity index (χ4v) is 9.87. The van der Waals surface area contributed by atoms with Crippen LogP contribution in [0.5, 0.6) is 0 Å². The van der Waals surface area contributed by atoms with E-state index in [1.54, 1.807) is 0 Å². The minimum atomic E-state index is -0.118. The number of fused-ring (bicyclic) bond motifs is 12. The molecule has 1 aliphatic carbocycles. The Morgan fingerprint density at radius 1 is 0.333 bits per heavy atom. The molecule has 3 nitrogen and oxygen atoms in total. The lowest BCUT2D eigenvalue weighted by molar-refractivity contribution is 0.660.